The molecule has 0 aliphatic heterocycles. The number of nitrogens with zero attached hydrogens (tertiary/aromatic N) is 1. The average Bonchev–Trinajstić information content (AvgIpc) is 2.28. The lowest BCUT2D eigenvalue weighted by atomic mass is 10.1. The minimum atomic E-state index is -0.577. The van der Waals surface area contributed by atoms with E-state index >= 15 is 0 Å². The quantitative estimate of drug-likeness (QED) is 0.805. The first-order valence-corrected chi connectivity index (χ1v) is 5.33. The fourth-order valence-corrected chi connectivity index (χ4v) is 1.52. The molecule has 0 saturated heterocycles. The van der Waals surface area contributed by atoms with Gasteiger partial charge in [-0.25, -0.2) is 0 Å². The zero-order valence-corrected chi connectivity index (χ0v) is 9.93. The molecule has 1 rings (SSSR count). The maximum Gasteiger partial charge on any atom is 0.258 e. The molecule has 1 aromatic rings. The lowest BCUT2D eigenvalue weighted by molar-refractivity contribution is -0.118. The first-order valence-electron chi connectivity index (χ1n) is 5.33. The summed E-state index contributed by atoms with van der Waals surface area (Å²) in [7, 11) is 0. The highest BCUT2D eigenvalue weighted by Crippen LogP contribution is 2.22. The van der Waals surface area contributed by atoms with E-state index in [4.69, 9.17) is 5.73 Å². The van der Waals surface area contributed by atoms with Gasteiger partial charge >= 0.3 is 0 Å². The second kappa shape index (κ2) is 5.34. The molecule has 0 atom stereocenters. The number of carbonyl (C=O) groups is 2. The van der Waals surface area contributed by atoms with Crippen LogP contribution in [0.15, 0.2) is 18.2 Å². The van der Waals surface area contributed by atoms with Gasteiger partial charge in [0.15, 0.2) is 0 Å². The van der Waals surface area contributed by atoms with Gasteiger partial charge in [-0.05, 0) is 25.5 Å². The number of phenols is 1. The van der Waals surface area contributed by atoms with Crippen LogP contribution < -0.4 is 5.73 Å². The van der Waals surface area contributed by atoms with Crippen molar-refractivity contribution in [3.8, 4) is 5.75 Å². The van der Waals surface area contributed by atoms with Gasteiger partial charge in [0.25, 0.3) is 5.91 Å². The molecule has 17 heavy (non-hydrogen) atoms. The molecular formula is C12H16N2O3. The topological polar surface area (TPSA) is 83.6 Å². The zero-order valence-electron chi connectivity index (χ0n) is 9.93. The second-order valence-corrected chi connectivity index (χ2v) is 3.76. The number of phenolic OH excluding ortho intramolecular Hbond substituents is 1. The lowest BCUT2D eigenvalue weighted by Gasteiger charge is -2.19. The smallest absolute Gasteiger partial charge is 0.258 e. The fraction of sp³-hybridized carbons (Fsp3) is 0.333. The molecule has 92 valence electrons. The van der Waals surface area contributed by atoms with Crippen LogP contribution in [-0.2, 0) is 4.79 Å². The third kappa shape index (κ3) is 2.96. The van der Waals surface area contributed by atoms with Gasteiger partial charge in [0, 0.05) is 6.54 Å². The Morgan fingerprint density at radius 3 is 2.59 bits per heavy atom. The molecule has 3 N–H and O–H groups in total. The van der Waals surface area contributed by atoms with Crippen molar-refractivity contribution in [2.24, 2.45) is 5.73 Å². The number of aromatic hydroxyl groups is 1. The molecule has 0 aromatic heterocycles. The third-order valence-corrected chi connectivity index (χ3v) is 2.48. The Labute approximate surface area is 99.8 Å². The van der Waals surface area contributed by atoms with Crippen LogP contribution in [0.2, 0.25) is 0 Å². The number of amides is 2. The summed E-state index contributed by atoms with van der Waals surface area (Å²) in [6.07, 6.45) is 0. The van der Waals surface area contributed by atoms with Crippen LogP contribution in [0.5, 0.6) is 5.75 Å². The molecular weight excluding hydrogens is 220 g/mol. The highest BCUT2D eigenvalue weighted by molar-refractivity contribution is 5.98. The highest BCUT2D eigenvalue weighted by Gasteiger charge is 2.19. The molecule has 5 heteroatoms. The minimum absolute atomic E-state index is 0.0552. The van der Waals surface area contributed by atoms with Crippen LogP contribution in [0, 0.1) is 6.92 Å². The number of nitrogens with two attached hydrogens (primary N) is 1. The first kappa shape index (κ1) is 13.0. The van der Waals surface area contributed by atoms with Crippen LogP contribution in [0.25, 0.3) is 0 Å². The summed E-state index contributed by atoms with van der Waals surface area (Å²) in [5.74, 6) is -1.03. The third-order valence-electron chi connectivity index (χ3n) is 2.48. The van der Waals surface area contributed by atoms with Crippen molar-refractivity contribution in [1.29, 1.82) is 0 Å². The van der Waals surface area contributed by atoms with Crippen LogP contribution in [0.1, 0.15) is 22.8 Å². The summed E-state index contributed by atoms with van der Waals surface area (Å²) in [5.41, 5.74) is 5.86. The Morgan fingerprint density at radius 1 is 1.41 bits per heavy atom. The van der Waals surface area contributed by atoms with Crippen molar-refractivity contribution in [3.63, 3.8) is 0 Å². The summed E-state index contributed by atoms with van der Waals surface area (Å²) >= 11 is 0. The Hall–Kier alpha value is -2.04. The van der Waals surface area contributed by atoms with Crippen molar-refractivity contribution in [2.75, 3.05) is 13.1 Å². The fourth-order valence-electron chi connectivity index (χ4n) is 1.52. The molecule has 0 saturated carbocycles. The number of para-hydroxylation sites is 1. The predicted octanol–water partition coefficient (Wildman–Crippen LogP) is 0.648. The monoisotopic (exact) mass is 236 g/mol. The van der Waals surface area contributed by atoms with Crippen molar-refractivity contribution in [3.05, 3.63) is 29.3 Å². The highest BCUT2D eigenvalue weighted by atomic mass is 16.3. The SMILES string of the molecule is CCN(CC(N)=O)C(=O)c1cccc(C)c1O. The number of benzene rings is 1. The van der Waals surface area contributed by atoms with E-state index in [0.717, 1.165) is 0 Å². The molecule has 0 radical (unpaired) electrons. The van der Waals surface area contributed by atoms with Gasteiger partial charge in [0.05, 0.1) is 12.1 Å². The van der Waals surface area contributed by atoms with Gasteiger partial charge in [-0.15, -0.1) is 0 Å². The predicted molar refractivity (Wildman–Crippen MR) is 63.6 cm³/mol. The van der Waals surface area contributed by atoms with Gasteiger partial charge in [0.2, 0.25) is 5.91 Å². The summed E-state index contributed by atoms with van der Waals surface area (Å²) in [6, 6.07) is 4.91. The van der Waals surface area contributed by atoms with Crippen LogP contribution in [-0.4, -0.2) is 34.9 Å². The van der Waals surface area contributed by atoms with Crippen molar-refractivity contribution in [1.82, 2.24) is 4.90 Å². The maximum absolute atomic E-state index is 12.0. The summed E-state index contributed by atoms with van der Waals surface area (Å²) in [5, 5.41) is 9.78. The van der Waals surface area contributed by atoms with Crippen molar-refractivity contribution in [2.45, 2.75) is 13.8 Å². The normalized spacial score (nSPS) is 10.0. The molecule has 5 nitrogen and oxygen atoms in total. The molecule has 1 aromatic carbocycles. The zero-order chi connectivity index (χ0) is 13.0. The summed E-state index contributed by atoms with van der Waals surface area (Å²) in [4.78, 5) is 24.2. The van der Waals surface area contributed by atoms with E-state index in [-0.39, 0.29) is 17.9 Å². The number of hydrogen-bond donors (Lipinski definition) is 2. The Kier molecular flexibility index (Phi) is 4.09. The minimum Gasteiger partial charge on any atom is -0.507 e. The largest absolute Gasteiger partial charge is 0.507 e. The molecule has 0 aliphatic carbocycles. The van der Waals surface area contributed by atoms with E-state index in [1.165, 1.54) is 11.0 Å². The van der Waals surface area contributed by atoms with Crippen LogP contribution in [0.4, 0.5) is 0 Å². The summed E-state index contributed by atoms with van der Waals surface area (Å²) in [6.45, 7) is 3.65. The molecule has 2 amide bonds. The van der Waals surface area contributed by atoms with Crippen molar-refractivity contribution < 1.29 is 14.7 Å². The van der Waals surface area contributed by atoms with E-state index < -0.39 is 11.8 Å². The number of hydrogen-bond acceptors (Lipinski definition) is 3. The van der Waals surface area contributed by atoms with Gasteiger partial charge in [0.1, 0.15) is 5.75 Å². The van der Waals surface area contributed by atoms with E-state index in [2.05, 4.69) is 0 Å². The second-order valence-electron chi connectivity index (χ2n) is 3.76. The van der Waals surface area contributed by atoms with Gasteiger partial charge in [-0.2, -0.15) is 0 Å². The number of aryl methyl sites for hydroxylation is 1. The number of primary amides is 1. The molecule has 0 unspecified atom stereocenters. The first-order chi connectivity index (χ1) is 7.97. The number of likely N-dealkylation sites (N-methyl/N-ethyl adjacent to an activating group) is 1. The Bertz CT molecular complexity index is 443. The van der Waals surface area contributed by atoms with Gasteiger partial charge in [-0.1, -0.05) is 12.1 Å². The van der Waals surface area contributed by atoms with E-state index in [0.29, 0.717) is 12.1 Å². The van der Waals surface area contributed by atoms with E-state index in [1.54, 1.807) is 26.0 Å². The Balaban J connectivity index is 3.02. The molecule has 0 fully saturated rings. The van der Waals surface area contributed by atoms with Crippen LogP contribution >= 0.6 is 0 Å². The average molecular weight is 236 g/mol. The lowest BCUT2D eigenvalue weighted by Crippen LogP contribution is -2.38. The van der Waals surface area contributed by atoms with E-state index in [1.807, 2.05) is 0 Å². The molecule has 0 heterocycles. The maximum atomic E-state index is 12.0. The van der Waals surface area contributed by atoms with Crippen LogP contribution in [0.3, 0.4) is 0 Å². The van der Waals surface area contributed by atoms with Crippen molar-refractivity contribution >= 4 is 11.8 Å². The molecule has 0 bridgehead atoms. The van der Waals surface area contributed by atoms with Gasteiger partial charge in [-0.3, -0.25) is 9.59 Å². The standard InChI is InChI=1S/C12H16N2O3/c1-3-14(7-10(13)15)12(17)9-6-4-5-8(2)11(9)16/h4-6,16H,3,7H2,1-2H3,(H2,13,15). The number of rotatable bonds is 4. The van der Waals surface area contributed by atoms with Gasteiger partial charge < -0.3 is 15.7 Å². The summed E-state index contributed by atoms with van der Waals surface area (Å²) < 4.78 is 0. The Morgan fingerprint density at radius 2 is 2.06 bits per heavy atom. The number of carbonyl (C=O) groups excluding carboxylic acids is 2. The molecule has 0 aliphatic rings. The molecule has 0 spiro atoms. The van der Waals surface area contributed by atoms with E-state index in [9.17, 15) is 14.7 Å².